The number of benzene rings is 1. The third-order valence-electron chi connectivity index (χ3n) is 7.17. The lowest BCUT2D eigenvalue weighted by Crippen LogP contribution is -2.44. The molecule has 0 bridgehead atoms. The van der Waals surface area contributed by atoms with E-state index in [1.54, 1.807) is 37.3 Å². The van der Waals surface area contributed by atoms with Gasteiger partial charge in [0, 0.05) is 74.9 Å². The molecule has 3 aromatic heterocycles. The number of nitrogens with one attached hydrogen (secondary N) is 1. The molecule has 0 radical (unpaired) electrons. The zero-order valence-electron chi connectivity index (χ0n) is 23.7. The van der Waals surface area contributed by atoms with Crippen LogP contribution in [0.15, 0.2) is 55.1 Å². The number of methoxy groups -OCH3 is 1. The lowest BCUT2D eigenvalue weighted by molar-refractivity contribution is -0.132. The van der Waals surface area contributed by atoms with Crippen LogP contribution in [-0.4, -0.2) is 68.4 Å². The average Bonchev–Trinajstić information content (AvgIpc) is 3.39. The maximum Gasteiger partial charge on any atom is 0.219 e. The Morgan fingerprint density at radius 1 is 1.05 bits per heavy atom. The summed E-state index contributed by atoms with van der Waals surface area (Å²) in [7, 11) is 3.43. The monoisotopic (exact) mass is 559 g/mol. The number of carbonyl (C=O) groups excluding carboxylic acids is 1. The maximum atomic E-state index is 14.7. The lowest BCUT2D eigenvalue weighted by Gasteiger charge is -2.37. The molecule has 5 rings (SSSR count). The predicted octanol–water partition coefficient (Wildman–Crippen LogP) is 4.96. The van der Waals surface area contributed by atoms with E-state index in [1.807, 2.05) is 36.3 Å². The molecule has 214 valence electrons. The van der Waals surface area contributed by atoms with Gasteiger partial charge in [0.05, 0.1) is 24.7 Å². The van der Waals surface area contributed by atoms with Crippen LogP contribution in [0.1, 0.15) is 38.4 Å². The van der Waals surface area contributed by atoms with Gasteiger partial charge in [-0.05, 0) is 49.6 Å². The van der Waals surface area contributed by atoms with Crippen LogP contribution in [-0.2, 0) is 16.6 Å². The van der Waals surface area contributed by atoms with Crippen molar-refractivity contribution in [3.63, 3.8) is 0 Å². The van der Waals surface area contributed by atoms with Gasteiger partial charge >= 0.3 is 0 Å². The molecule has 1 N–H and O–H groups in total. The fraction of sp³-hybridized carbons (Fsp3) is 0.367. The number of hydrogen-bond donors (Lipinski definition) is 1. The number of rotatable bonds is 9. The first kappa shape index (κ1) is 28.2. The largest absolute Gasteiger partial charge is 0.490 e. The summed E-state index contributed by atoms with van der Waals surface area (Å²) >= 11 is 0. The van der Waals surface area contributed by atoms with Gasteiger partial charge in [-0.2, -0.15) is 5.10 Å². The number of nitrogens with zero attached hydrogens (tertiary/aromatic N) is 6. The van der Waals surface area contributed by atoms with Crippen LogP contribution in [0.4, 0.5) is 15.9 Å². The van der Waals surface area contributed by atoms with E-state index in [0.29, 0.717) is 54.1 Å². The SMILES string of the molecule is COCCOc1cncc(-c2cc(Nc3cc(F)cc(-c4cnn(C)c4)c3)nc([C@@H]3CC[C@H](C)N(C(C)=O)C3)n2)c1. The van der Waals surface area contributed by atoms with E-state index in [-0.39, 0.29) is 23.7 Å². The minimum atomic E-state index is -0.383. The molecule has 10 nitrogen and oxygen atoms in total. The maximum absolute atomic E-state index is 14.7. The summed E-state index contributed by atoms with van der Waals surface area (Å²) in [5, 5.41) is 7.48. The van der Waals surface area contributed by atoms with Gasteiger partial charge < -0.3 is 19.7 Å². The average molecular weight is 560 g/mol. The minimum Gasteiger partial charge on any atom is -0.490 e. The molecular weight excluding hydrogens is 525 g/mol. The Labute approximate surface area is 238 Å². The standard InChI is InChI=1S/C30H34FN7O3/c1-19-5-6-21(18-38(19)20(2)39)30-35-28(23-11-27(16-32-14-23)41-8-7-40-4)13-29(36-30)34-26-10-22(9-25(31)12-26)24-15-33-37(3)17-24/h9-17,19,21H,5-8,18H2,1-4H3,(H,34,35,36)/t19-,21+/m0/s1. The van der Waals surface area contributed by atoms with E-state index in [2.05, 4.69) is 22.3 Å². The molecule has 1 saturated heterocycles. The van der Waals surface area contributed by atoms with Gasteiger partial charge in [-0.25, -0.2) is 14.4 Å². The van der Waals surface area contributed by atoms with Crippen molar-refractivity contribution in [3.05, 3.63) is 66.8 Å². The molecule has 11 heteroatoms. The van der Waals surface area contributed by atoms with Crippen LogP contribution < -0.4 is 10.1 Å². The highest BCUT2D eigenvalue weighted by Crippen LogP contribution is 2.33. The van der Waals surface area contributed by atoms with E-state index in [4.69, 9.17) is 19.4 Å². The predicted molar refractivity (Wildman–Crippen MR) is 153 cm³/mol. The zero-order chi connectivity index (χ0) is 28.9. The summed E-state index contributed by atoms with van der Waals surface area (Å²) in [5.74, 6) is 1.30. The summed E-state index contributed by atoms with van der Waals surface area (Å²) in [6.45, 7) is 5.03. The van der Waals surface area contributed by atoms with Crippen LogP contribution in [0.5, 0.6) is 5.75 Å². The first-order valence-corrected chi connectivity index (χ1v) is 13.6. The van der Waals surface area contributed by atoms with Gasteiger partial charge in [0.2, 0.25) is 5.91 Å². The van der Waals surface area contributed by atoms with E-state index in [0.717, 1.165) is 24.0 Å². The second-order valence-electron chi connectivity index (χ2n) is 10.3. The molecule has 1 aliphatic heterocycles. The number of ether oxygens (including phenoxy) is 2. The molecule has 1 fully saturated rings. The van der Waals surface area contributed by atoms with E-state index >= 15 is 0 Å². The normalized spacial score (nSPS) is 17.0. The Balaban J connectivity index is 1.51. The van der Waals surface area contributed by atoms with Crippen LogP contribution in [0.3, 0.4) is 0 Å². The summed E-state index contributed by atoms with van der Waals surface area (Å²) in [6.07, 6.45) is 8.58. The number of halogens is 1. The van der Waals surface area contributed by atoms with E-state index in [1.165, 1.54) is 12.1 Å². The third kappa shape index (κ3) is 6.86. The van der Waals surface area contributed by atoms with Crippen molar-refractivity contribution in [3.8, 4) is 28.1 Å². The molecular formula is C30H34FN7O3. The number of anilines is 2. The van der Waals surface area contributed by atoms with Crippen LogP contribution in [0, 0.1) is 5.82 Å². The number of amides is 1. The molecule has 2 atom stereocenters. The Kier molecular flexibility index (Phi) is 8.53. The number of aryl methyl sites for hydroxylation is 1. The van der Waals surface area contributed by atoms with Crippen LogP contribution in [0.25, 0.3) is 22.4 Å². The number of piperidine rings is 1. The molecule has 0 spiro atoms. The third-order valence-corrected chi connectivity index (χ3v) is 7.17. The van der Waals surface area contributed by atoms with Crippen molar-refractivity contribution in [1.82, 2.24) is 29.6 Å². The molecule has 1 aliphatic rings. The highest BCUT2D eigenvalue weighted by atomic mass is 19.1. The van der Waals surface area contributed by atoms with E-state index in [9.17, 15) is 9.18 Å². The summed E-state index contributed by atoms with van der Waals surface area (Å²) < 4.78 is 27.2. The zero-order valence-corrected chi connectivity index (χ0v) is 23.7. The Morgan fingerprint density at radius 2 is 1.90 bits per heavy atom. The number of carbonyl (C=O) groups is 1. The second-order valence-corrected chi connectivity index (χ2v) is 10.3. The summed E-state index contributed by atoms with van der Waals surface area (Å²) in [4.78, 5) is 28.3. The topological polar surface area (TPSA) is 107 Å². The minimum absolute atomic E-state index is 0.0319. The van der Waals surface area contributed by atoms with Crippen molar-refractivity contribution < 1.29 is 18.7 Å². The lowest BCUT2D eigenvalue weighted by atomic mass is 9.92. The van der Waals surface area contributed by atoms with Crippen molar-refractivity contribution in [1.29, 1.82) is 0 Å². The first-order valence-electron chi connectivity index (χ1n) is 13.6. The van der Waals surface area contributed by atoms with E-state index < -0.39 is 0 Å². The Bertz CT molecular complexity index is 1530. The van der Waals surface area contributed by atoms with Crippen molar-refractivity contribution in [2.45, 2.75) is 38.6 Å². The van der Waals surface area contributed by atoms with Crippen molar-refractivity contribution in [2.75, 3.05) is 32.2 Å². The molecule has 1 amide bonds. The Hall–Kier alpha value is -4.38. The van der Waals surface area contributed by atoms with Gasteiger partial charge in [0.25, 0.3) is 0 Å². The fourth-order valence-corrected chi connectivity index (χ4v) is 5.04. The van der Waals surface area contributed by atoms with Gasteiger partial charge in [0.15, 0.2) is 0 Å². The Morgan fingerprint density at radius 3 is 2.66 bits per heavy atom. The molecule has 0 aliphatic carbocycles. The number of likely N-dealkylation sites (tertiary alicyclic amines) is 1. The van der Waals surface area contributed by atoms with Crippen LogP contribution in [0.2, 0.25) is 0 Å². The van der Waals surface area contributed by atoms with Gasteiger partial charge in [0.1, 0.15) is 29.8 Å². The van der Waals surface area contributed by atoms with Crippen LogP contribution >= 0.6 is 0 Å². The summed E-state index contributed by atoms with van der Waals surface area (Å²) in [5.41, 5.74) is 3.42. The van der Waals surface area contributed by atoms with Crippen molar-refractivity contribution in [2.24, 2.45) is 7.05 Å². The number of aromatic nitrogens is 5. The van der Waals surface area contributed by atoms with Gasteiger partial charge in [-0.1, -0.05) is 0 Å². The first-order chi connectivity index (χ1) is 19.8. The number of pyridine rings is 1. The molecule has 0 unspecified atom stereocenters. The second kappa shape index (κ2) is 12.4. The molecule has 4 aromatic rings. The van der Waals surface area contributed by atoms with Gasteiger partial charge in [-0.15, -0.1) is 0 Å². The molecule has 4 heterocycles. The summed E-state index contributed by atoms with van der Waals surface area (Å²) in [6, 6.07) is 8.58. The smallest absolute Gasteiger partial charge is 0.219 e. The molecule has 0 saturated carbocycles. The molecule has 41 heavy (non-hydrogen) atoms. The quantitative estimate of drug-likeness (QED) is 0.287. The van der Waals surface area contributed by atoms with Crippen molar-refractivity contribution >= 4 is 17.4 Å². The number of hydrogen-bond acceptors (Lipinski definition) is 8. The van der Waals surface area contributed by atoms with Gasteiger partial charge in [-0.3, -0.25) is 14.5 Å². The highest BCUT2D eigenvalue weighted by Gasteiger charge is 2.30. The fourth-order valence-electron chi connectivity index (χ4n) is 5.04. The highest BCUT2D eigenvalue weighted by molar-refractivity contribution is 5.74. The molecule has 1 aromatic carbocycles.